The molecule has 0 aliphatic carbocycles. The standard InChI is InChI=1S/C6H12O5/c7-1-4-6(10)5(9)3(8)2-11-4/h3-10H,1-2H2/t3-,4-,5-,6-/m0/s1. The summed E-state index contributed by atoms with van der Waals surface area (Å²) in [6.45, 7) is -0.408. The van der Waals surface area contributed by atoms with E-state index >= 15 is 0 Å². The number of aliphatic hydroxyl groups is 4. The predicted molar refractivity (Wildman–Crippen MR) is 34.8 cm³/mol. The van der Waals surface area contributed by atoms with Crippen molar-refractivity contribution in [3.63, 3.8) is 0 Å². The first-order valence-corrected chi connectivity index (χ1v) is 3.43. The Balaban J connectivity index is 2.52. The van der Waals surface area contributed by atoms with Crippen LogP contribution in [-0.2, 0) is 4.74 Å². The molecule has 5 nitrogen and oxygen atoms in total. The smallest absolute Gasteiger partial charge is 0.111 e. The summed E-state index contributed by atoms with van der Waals surface area (Å²) in [6, 6.07) is 0. The van der Waals surface area contributed by atoms with E-state index in [0.717, 1.165) is 0 Å². The molecule has 0 aromatic heterocycles. The van der Waals surface area contributed by atoms with Crippen molar-refractivity contribution in [2.24, 2.45) is 0 Å². The van der Waals surface area contributed by atoms with E-state index in [1.807, 2.05) is 0 Å². The van der Waals surface area contributed by atoms with Gasteiger partial charge in [-0.2, -0.15) is 0 Å². The number of hydrogen-bond donors (Lipinski definition) is 4. The first kappa shape index (κ1) is 8.89. The SMILES string of the molecule is OC[C@@H]1OC[C@H](O)[C@H](O)[C@H]1O. The molecule has 1 aliphatic rings. The topological polar surface area (TPSA) is 90.2 Å². The highest BCUT2D eigenvalue weighted by Crippen LogP contribution is 2.14. The van der Waals surface area contributed by atoms with Crippen molar-refractivity contribution in [3.05, 3.63) is 0 Å². The van der Waals surface area contributed by atoms with Crippen molar-refractivity contribution in [2.45, 2.75) is 24.4 Å². The van der Waals surface area contributed by atoms with Crippen LogP contribution in [0.2, 0.25) is 0 Å². The molecule has 0 saturated carbocycles. The number of aliphatic hydroxyl groups excluding tert-OH is 4. The molecular formula is C6H12O5. The van der Waals surface area contributed by atoms with E-state index in [2.05, 4.69) is 0 Å². The second kappa shape index (κ2) is 3.46. The highest BCUT2D eigenvalue weighted by atomic mass is 16.5. The molecule has 1 fully saturated rings. The molecule has 1 aliphatic heterocycles. The third-order valence-corrected chi connectivity index (χ3v) is 1.79. The quantitative estimate of drug-likeness (QED) is 0.343. The molecule has 0 radical (unpaired) electrons. The Morgan fingerprint density at radius 3 is 2.36 bits per heavy atom. The molecule has 5 heteroatoms. The molecule has 0 unspecified atom stereocenters. The van der Waals surface area contributed by atoms with Crippen molar-refractivity contribution >= 4 is 0 Å². The van der Waals surface area contributed by atoms with Gasteiger partial charge in [-0.15, -0.1) is 0 Å². The summed E-state index contributed by atoms with van der Waals surface area (Å²) in [6.07, 6.45) is -4.27. The van der Waals surface area contributed by atoms with Gasteiger partial charge in [0.1, 0.15) is 24.4 Å². The Hall–Kier alpha value is -0.200. The van der Waals surface area contributed by atoms with Gasteiger partial charge < -0.3 is 25.2 Å². The molecule has 4 N–H and O–H groups in total. The lowest BCUT2D eigenvalue weighted by Crippen LogP contribution is -2.53. The van der Waals surface area contributed by atoms with Crippen LogP contribution < -0.4 is 0 Å². The second-order valence-electron chi connectivity index (χ2n) is 2.60. The lowest BCUT2D eigenvalue weighted by Gasteiger charge is -2.34. The maximum atomic E-state index is 9.11. The van der Waals surface area contributed by atoms with Crippen LogP contribution in [0.25, 0.3) is 0 Å². The molecule has 0 amide bonds. The Morgan fingerprint density at radius 1 is 1.18 bits per heavy atom. The fraction of sp³-hybridized carbons (Fsp3) is 1.00. The van der Waals surface area contributed by atoms with Crippen LogP contribution in [0.5, 0.6) is 0 Å². The highest BCUT2D eigenvalue weighted by molar-refractivity contribution is 4.85. The Kier molecular flexibility index (Phi) is 2.80. The van der Waals surface area contributed by atoms with Gasteiger partial charge in [-0.3, -0.25) is 0 Å². The second-order valence-corrected chi connectivity index (χ2v) is 2.60. The van der Waals surface area contributed by atoms with E-state index < -0.39 is 24.4 Å². The Bertz CT molecular complexity index is 126. The van der Waals surface area contributed by atoms with Crippen LogP contribution in [0.15, 0.2) is 0 Å². The normalized spacial score (nSPS) is 45.8. The minimum absolute atomic E-state index is 0.0521. The van der Waals surface area contributed by atoms with E-state index in [0.29, 0.717) is 0 Å². The zero-order valence-electron chi connectivity index (χ0n) is 5.92. The van der Waals surface area contributed by atoms with E-state index in [4.69, 9.17) is 25.2 Å². The first-order valence-electron chi connectivity index (χ1n) is 3.43. The molecule has 0 bridgehead atoms. The van der Waals surface area contributed by atoms with Gasteiger partial charge in [-0.25, -0.2) is 0 Å². The molecular weight excluding hydrogens is 152 g/mol. The third kappa shape index (κ3) is 1.69. The van der Waals surface area contributed by atoms with Crippen LogP contribution in [0.3, 0.4) is 0 Å². The lowest BCUT2D eigenvalue weighted by atomic mass is 10.0. The summed E-state index contributed by atoms with van der Waals surface area (Å²) < 4.78 is 4.81. The molecule has 0 aromatic rings. The summed E-state index contributed by atoms with van der Waals surface area (Å²) >= 11 is 0. The highest BCUT2D eigenvalue weighted by Gasteiger charge is 2.36. The van der Waals surface area contributed by atoms with Gasteiger partial charge >= 0.3 is 0 Å². The molecule has 66 valence electrons. The van der Waals surface area contributed by atoms with Crippen molar-refractivity contribution in [2.75, 3.05) is 13.2 Å². The number of hydrogen-bond acceptors (Lipinski definition) is 5. The van der Waals surface area contributed by atoms with Crippen LogP contribution in [0.1, 0.15) is 0 Å². The fourth-order valence-corrected chi connectivity index (χ4v) is 1.03. The van der Waals surface area contributed by atoms with Gasteiger partial charge in [0, 0.05) is 0 Å². The maximum absolute atomic E-state index is 9.11. The Morgan fingerprint density at radius 2 is 1.82 bits per heavy atom. The largest absolute Gasteiger partial charge is 0.394 e. The average molecular weight is 164 g/mol. The minimum Gasteiger partial charge on any atom is -0.394 e. The van der Waals surface area contributed by atoms with Gasteiger partial charge in [0.2, 0.25) is 0 Å². The number of rotatable bonds is 1. The van der Waals surface area contributed by atoms with Crippen molar-refractivity contribution in [3.8, 4) is 0 Å². The van der Waals surface area contributed by atoms with Gasteiger partial charge in [-0.1, -0.05) is 0 Å². The van der Waals surface area contributed by atoms with Crippen molar-refractivity contribution in [1.29, 1.82) is 0 Å². The first-order chi connectivity index (χ1) is 5.16. The number of ether oxygens (including phenoxy) is 1. The average Bonchev–Trinajstić information content (AvgIpc) is 2.01. The molecule has 4 atom stereocenters. The van der Waals surface area contributed by atoms with Crippen molar-refractivity contribution < 1.29 is 25.2 Å². The van der Waals surface area contributed by atoms with E-state index in [9.17, 15) is 0 Å². The zero-order valence-corrected chi connectivity index (χ0v) is 5.92. The maximum Gasteiger partial charge on any atom is 0.111 e. The zero-order chi connectivity index (χ0) is 8.43. The molecule has 1 saturated heterocycles. The predicted octanol–water partition coefficient (Wildman–Crippen LogP) is -2.54. The molecule has 0 aromatic carbocycles. The van der Waals surface area contributed by atoms with Crippen LogP contribution in [-0.4, -0.2) is 58.1 Å². The Labute approximate surface area is 63.8 Å². The molecule has 1 rings (SSSR count). The summed E-state index contributed by atoms with van der Waals surface area (Å²) in [5, 5.41) is 35.7. The summed E-state index contributed by atoms with van der Waals surface area (Å²) in [5.74, 6) is 0. The van der Waals surface area contributed by atoms with Gasteiger partial charge in [-0.05, 0) is 0 Å². The van der Waals surface area contributed by atoms with E-state index in [1.54, 1.807) is 0 Å². The lowest BCUT2D eigenvalue weighted by molar-refractivity contribution is -0.195. The van der Waals surface area contributed by atoms with Crippen LogP contribution in [0, 0.1) is 0 Å². The van der Waals surface area contributed by atoms with Gasteiger partial charge in [0.15, 0.2) is 0 Å². The molecule has 11 heavy (non-hydrogen) atoms. The van der Waals surface area contributed by atoms with Crippen LogP contribution >= 0.6 is 0 Å². The molecule has 1 heterocycles. The molecule has 0 spiro atoms. The summed E-state index contributed by atoms with van der Waals surface area (Å²) in [7, 11) is 0. The van der Waals surface area contributed by atoms with E-state index in [-0.39, 0.29) is 13.2 Å². The minimum atomic E-state index is -1.22. The van der Waals surface area contributed by atoms with E-state index in [1.165, 1.54) is 0 Å². The van der Waals surface area contributed by atoms with Gasteiger partial charge in [0.25, 0.3) is 0 Å². The summed E-state index contributed by atoms with van der Waals surface area (Å²) in [5.41, 5.74) is 0. The van der Waals surface area contributed by atoms with Gasteiger partial charge in [0.05, 0.1) is 13.2 Å². The fourth-order valence-electron chi connectivity index (χ4n) is 1.03. The monoisotopic (exact) mass is 164 g/mol. The van der Waals surface area contributed by atoms with Crippen LogP contribution in [0.4, 0.5) is 0 Å². The van der Waals surface area contributed by atoms with Crippen molar-refractivity contribution in [1.82, 2.24) is 0 Å². The third-order valence-electron chi connectivity index (χ3n) is 1.79. The summed E-state index contributed by atoms with van der Waals surface area (Å²) in [4.78, 5) is 0.